The van der Waals surface area contributed by atoms with Gasteiger partial charge in [-0.25, -0.2) is 0 Å². The lowest BCUT2D eigenvalue weighted by Gasteiger charge is -2.16. The Labute approximate surface area is 120 Å². The van der Waals surface area contributed by atoms with Crippen LogP contribution in [0.3, 0.4) is 0 Å². The van der Waals surface area contributed by atoms with Crippen LogP contribution in [0.15, 0.2) is 36.4 Å². The van der Waals surface area contributed by atoms with E-state index < -0.39 is 0 Å². The van der Waals surface area contributed by atoms with Gasteiger partial charge in [-0.1, -0.05) is 24.3 Å². The molecule has 0 atom stereocenters. The molecule has 2 heteroatoms. The number of benzene rings is 2. The van der Waals surface area contributed by atoms with Gasteiger partial charge in [-0.05, 0) is 60.1 Å². The van der Waals surface area contributed by atoms with Crippen LogP contribution >= 0.6 is 0 Å². The monoisotopic (exact) mass is 268 g/mol. The molecule has 4 bridgehead atoms. The topological polar surface area (TPSA) is 18.5 Å². The van der Waals surface area contributed by atoms with Gasteiger partial charge in [0.1, 0.15) is 11.5 Å². The van der Waals surface area contributed by atoms with Crippen molar-refractivity contribution in [3.63, 3.8) is 0 Å². The molecule has 0 spiro atoms. The van der Waals surface area contributed by atoms with E-state index in [-0.39, 0.29) is 0 Å². The van der Waals surface area contributed by atoms with Gasteiger partial charge in [-0.2, -0.15) is 0 Å². The summed E-state index contributed by atoms with van der Waals surface area (Å²) in [4.78, 5) is 0. The number of ether oxygens (including phenoxy) is 2. The van der Waals surface area contributed by atoms with E-state index in [1.807, 2.05) is 0 Å². The van der Waals surface area contributed by atoms with Gasteiger partial charge in [0.15, 0.2) is 0 Å². The Morgan fingerprint density at radius 1 is 0.650 bits per heavy atom. The van der Waals surface area contributed by atoms with Gasteiger partial charge in [0.05, 0.1) is 14.2 Å². The van der Waals surface area contributed by atoms with E-state index in [2.05, 4.69) is 36.4 Å². The molecule has 0 unspecified atom stereocenters. The lowest BCUT2D eigenvalue weighted by Crippen LogP contribution is -2.03. The largest absolute Gasteiger partial charge is 0.496 e. The molecule has 2 aromatic rings. The summed E-state index contributed by atoms with van der Waals surface area (Å²) >= 11 is 0. The molecular weight excluding hydrogens is 248 g/mol. The van der Waals surface area contributed by atoms with Crippen molar-refractivity contribution in [3.05, 3.63) is 58.7 Å². The standard InChI is InChI=1S/C18H20O2/c1-19-17-9-5-13-4-8-16-12-14(3-7-15(17)11-13)6-10-18(16)20-2/h5-6,9-12H,3-4,7-8H2,1-2H3. The average molecular weight is 268 g/mol. The predicted octanol–water partition coefficient (Wildman–Crippen LogP) is 3.59. The lowest BCUT2D eigenvalue weighted by atomic mass is 9.94. The molecule has 0 aliphatic heterocycles. The number of fused-ring (bicyclic) bond motifs is 4. The van der Waals surface area contributed by atoms with Crippen molar-refractivity contribution in [3.8, 4) is 11.5 Å². The van der Waals surface area contributed by atoms with Gasteiger partial charge < -0.3 is 9.47 Å². The van der Waals surface area contributed by atoms with E-state index in [1.165, 1.54) is 22.3 Å². The molecular formula is C18H20O2. The maximum atomic E-state index is 5.47. The van der Waals surface area contributed by atoms with Gasteiger partial charge in [-0.15, -0.1) is 0 Å². The Kier molecular flexibility index (Phi) is 3.64. The minimum Gasteiger partial charge on any atom is -0.496 e. The van der Waals surface area contributed by atoms with Crippen molar-refractivity contribution in [2.75, 3.05) is 14.2 Å². The summed E-state index contributed by atoms with van der Waals surface area (Å²) in [7, 11) is 3.49. The Morgan fingerprint density at radius 3 is 1.50 bits per heavy atom. The van der Waals surface area contributed by atoms with Crippen molar-refractivity contribution in [2.24, 2.45) is 0 Å². The zero-order chi connectivity index (χ0) is 13.9. The molecule has 2 aromatic carbocycles. The zero-order valence-corrected chi connectivity index (χ0v) is 12.1. The SMILES string of the molecule is COc1ccc2cc1CCc1ccc(OC)c(c1)CC2. The van der Waals surface area contributed by atoms with Gasteiger partial charge in [0, 0.05) is 0 Å². The number of rotatable bonds is 2. The molecule has 104 valence electrons. The molecule has 2 nitrogen and oxygen atoms in total. The van der Waals surface area contributed by atoms with E-state index >= 15 is 0 Å². The van der Waals surface area contributed by atoms with Crippen LogP contribution in [0.25, 0.3) is 0 Å². The second kappa shape index (κ2) is 5.58. The second-order valence-electron chi connectivity index (χ2n) is 5.29. The number of aryl methyl sites for hydroxylation is 4. The second-order valence-corrected chi connectivity index (χ2v) is 5.29. The van der Waals surface area contributed by atoms with Crippen molar-refractivity contribution < 1.29 is 9.47 Å². The first-order valence-electron chi connectivity index (χ1n) is 7.12. The molecule has 0 radical (unpaired) electrons. The summed E-state index contributed by atoms with van der Waals surface area (Å²) < 4.78 is 10.9. The third-order valence-electron chi connectivity index (χ3n) is 4.06. The first-order valence-corrected chi connectivity index (χ1v) is 7.12. The van der Waals surface area contributed by atoms with Gasteiger partial charge in [0.25, 0.3) is 0 Å². The minimum absolute atomic E-state index is 1.00. The molecule has 0 aromatic heterocycles. The lowest BCUT2D eigenvalue weighted by molar-refractivity contribution is 0.407. The van der Waals surface area contributed by atoms with Crippen molar-refractivity contribution >= 4 is 0 Å². The average Bonchev–Trinajstić information content (AvgIpc) is 2.50. The molecule has 3 rings (SSSR count). The summed E-state index contributed by atoms with van der Waals surface area (Å²) in [5, 5.41) is 0. The third kappa shape index (κ3) is 2.51. The van der Waals surface area contributed by atoms with Gasteiger partial charge >= 0.3 is 0 Å². The Morgan fingerprint density at radius 2 is 1.10 bits per heavy atom. The fourth-order valence-corrected chi connectivity index (χ4v) is 2.92. The molecule has 0 saturated carbocycles. The fraction of sp³-hybridized carbons (Fsp3) is 0.333. The molecule has 1 aliphatic rings. The first kappa shape index (κ1) is 13.0. The van der Waals surface area contributed by atoms with Crippen LogP contribution in [-0.2, 0) is 25.7 Å². The molecule has 0 amide bonds. The van der Waals surface area contributed by atoms with Crippen molar-refractivity contribution in [1.82, 2.24) is 0 Å². The van der Waals surface area contributed by atoms with Crippen LogP contribution in [0, 0.1) is 0 Å². The van der Waals surface area contributed by atoms with E-state index in [0.29, 0.717) is 0 Å². The maximum absolute atomic E-state index is 5.47. The van der Waals surface area contributed by atoms with Crippen LogP contribution in [0.4, 0.5) is 0 Å². The molecule has 20 heavy (non-hydrogen) atoms. The molecule has 0 N–H and O–H groups in total. The smallest absolute Gasteiger partial charge is 0.122 e. The summed E-state index contributed by atoms with van der Waals surface area (Å²) in [5.41, 5.74) is 5.36. The Bertz CT molecular complexity index is 561. The Hall–Kier alpha value is -1.96. The minimum atomic E-state index is 1.00. The highest BCUT2D eigenvalue weighted by Crippen LogP contribution is 2.27. The van der Waals surface area contributed by atoms with Crippen LogP contribution in [-0.4, -0.2) is 14.2 Å². The third-order valence-corrected chi connectivity index (χ3v) is 4.06. The van der Waals surface area contributed by atoms with Gasteiger partial charge in [-0.3, -0.25) is 0 Å². The highest BCUT2D eigenvalue weighted by Gasteiger charge is 2.11. The highest BCUT2D eigenvalue weighted by atomic mass is 16.5. The molecule has 1 aliphatic carbocycles. The molecule has 0 saturated heterocycles. The first-order chi connectivity index (χ1) is 9.80. The number of hydrogen-bond donors (Lipinski definition) is 0. The fourth-order valence-electron chi connectivity index (χ4n) is 2.92. The van der Waals surface area contributed by atoms with E-state index in [1.54, 1.807) is 14.2 Å². The van der Waals surface area contributed by atoms with Gasteiger partial charge in [0.2, 0.25) is 0 Å². The van der Waals surface area contributed by atoms with Crippen LogP contribution < -0.4 is 9.47 Å². The maximum Gasteiger partial charge on any atom is 0.122 e. The van der Waals surface area contributed by atoms with Crippen LogP contribution in [0.5, 0.6) is 11.5 Å². The van der Waals surface area contributed by atoms with E-state index in [9.17, 15) is 0 Å². The quantitative estimate of drug-likeness (QED) is 0.828. The summed E-state index contributed by atoms with van der Waals surface area (Å²) in [6, 6.07) is 13.1. The summed E-state index contributed by atoms with van der Waals surface area (Å²) in [6.07, 6.45) is 4.11. The Balaban J connectivity index is 1.98. The van der Waals surface area contributed by atoms with E-state index in [4.69, 9.17) is 9.47 Å². The predicted molar refractivity (Wildman–Crippen MR) is 80.8 cm³/mol. The van der Waals surface area contributed by atoms with Crippen molar-refractivity contribution in [2.45, 2.75) is 25.7 Å². The number of hydrogen-bond acceptors (Lipinski definition) is 2. The zero-order valence-electron chi connectivity index (χ0n) is 12.1. The summed E-state index contributed by atoms with van der Waals surface area (Å²) in [6.45, 7) is 0. The molecule has 0 fully saturated rings. The highest BCUT2D eigenvalue weighted by molar-refractivity contribution is 5.42. The van der Waals surface area contributed by atoms with Crippen LogP contribution in [0.1, 0.15) is 22.3 Å². The van der Waals surface area contributed by atoms with E-state index in [0.717, 1.165) is 37.2 Å². The molecule has 0 heterocycles. The van der Waals surface area contributed by atoms with Crippen LogP contribution in [0.2, 0.25) is 0 Å². The van der Waals surface area contributed by atoms with Crippen molar-refractivity contribution in [1.29, 1.82) is 0 Å². The number of methoxy groups -OCH3 is 2. The normalized spacial score (nSPS) is 13.7. The summed E-state index contributed by atoms with van der Waals surface area (Å²) in [5.74, 6) is 2.01.